The summed E-state index contributed by atoms with van der Waals surface area (Å²) >= 11 is 0.454. The number of amides is 1. The maximum atomic E-state index is 13.2. The summed E-state index contributed by atoms with van der Waals surface area (Å²) in [5, 5.41) is 4.48. The van der Waals surface area contributed by atoms with Crippen molar-refractivity contribution in [1.82, 2.24) is 10.4 Å². The van der Waals surface area contributed by atoms with Crippen molar-refractivity contribution in [2.45, 2.75) is 23.6 Å². The molecule has 2 heterocycles. The number of carbonyl (C=O) groups excluding carboxylic acids is 2. The van der Waals surface area contributed by atoms with Gasteiger partial charge in [-0.15, -0.1) is 0 Å². The van der Waals surface area contributed by atoms with Crippen molar-refractivity contribution in [2.24, 2.45) is 0 Å². The monoisotopic (exact) mass is 561 g/mol. The molecule has 0 radical (unpaired) electrons. The Bertz CT molecular complexity index is 1510. The molecule has 0 spiro atoms. The molecule has 7 nitrogen and oxygen atoms in total. The van der Waals surface area contributed by atoms with E-state index in [1.807, 2.05) is 37.3 Å². The van der Waals surface area contributed by atoms with Crippen LogP contribution in [0.15, 0.2) is 107 Å². The molecule has 204 valence electrons. The summed E-state index contributed by atoms with van der Waals surface area (Å²) in [6.07, 6.45) is 3.42. The van der Waals surface area contributed by atoms with E-state index in [1.54, 1.807) is 60.7 Å². The number of para-hydroxylation sites is 1. The number of rotatable bonds is 9. The number of ether oxygens (including phenoxy) is 1. The van der Waals surface area contributed by atoms with Crippen molar-refractivity contribution in [3.05, 3.63) is 120 Å². The topological polar surface area (TPSA) is 83.8 Å². The van der Waals surface area contributed by atoms with E-state index in [-0.39, 0.29) is 5.56 Å². The number of aryl methyl sites for hydroxylation is 1. The average molecular weight is 562 g/mol. The predicted octanol–water partition coefficient (Wildman–Crippen LogP) is 6.93. The van der Waals surface area contributed by atoms with Crippen LogP contribution in [0.3, 0.4) is 0 Å². The lowest BCUT2D eigenvalue weighted by Crippen LogP contribution is -2.42. The third-order valence-corrected chi connectivity index (χ3v) is 6.86. The number of halogens is 2. The van der Waals surface area contributed by atoms with E-state index in [1.165, 1.54) is 11.3 Å². The molecule has 3 aromatic carbocycles. The molecule has 5 rings (SSSR count). The predicted molar refractivity (Wildman–Crippen MR) is 149 cm³/mol. The van der Waals surface area contributed by atoms with Gasteiger partial charge in [-0.3, -0.25) is 10.2 Å². The van der Waals surface area contributed by atoms with Gasteiger partial charge in [0.25, 0.3) is 11.7 Å². The van der Waals surface area contributed by atoms with E-state index in [9.17, 15) is 18.4 Å². The van der Waals surface area contributed by atoms with Crippen molar-refractivity contribution in [1.29, 1.82) is 0 Å². The molecular weight excluding hydrogens is 536 g/mol. The first-order valence-electron chi connectivity index (χ1n) is 12.4. The van der Waals surface area contributed by atoms with Crippen LogP contribution in [0.5, 0.6) is 0 Å². The minimum atomic E-state index is -2.51. The van der Waals surface area contributed by atoms with Gasteiger partial charge in [0.1, 0.15) is 11.8 Å². The van der Waals surface area contributed by atoms with Crippen LogP contribution < -0.4 is 10.7 Å². The normalized spacial score (nSPS) is 14.6. The molecule has 4 aromatic rings. The highest BCUT2D eigenvalue weighted by Crippen LogP contribution is 2.32. The number of anilines is 2. The number of hydrogen-bond donors (Lipinski definition) is 2. The summed E-state index contributed by atoms with van der Waals surface area (Å²) in [5.74, 6) is -3.11. The zero-order valence-corrected chi connectivity index (χ0v) is 22.2. The third kappa shape index (κ3) is 6.35. The van der Waals surface area contributed by atoms with Gasteiger partial charge >= 0.3 is 5.97 Å². The van der Waals surface area contributed by atoms with Gasteiger partial charge in [0, 0.05) is 10.6 Å². The molecule has 2 N–H and O–H groups in total. The van der Waals surface area contributed by atoms with Gasteiger partial charge in [-0.1, -0.05) is 53.7 Å². The second-order valence-electron chi connectivity index (χ2n) is 8.93. The summed E-state index contributed by atoms with van der Waals surface area (Å²) in [6, 6.07) is 24.0. The van der Waals surface area contributed by atoms with E-state index in [0.29, 0.717) is 33.8 Å². The first-order valence-corrected chi connectivity index (χ1v) is 13.2. The number of nitrogens with one attached hydrogen (secondary N) is 2. The van der Waals surface area contributed by atoms with E-state index >= 15 is 0 Å². The van der Waals surface area contributed by atoms with Gasteiger partial charge in [-0.25, -0.2) is 9.80 Å². The van der Waals surface area contributed by atoms with Crippen molar-refractivity contribution >= 4 is 40.7 Å². The highest BCUT2D eigenvalue weighted by molar-refractivity contribution is 7.99. The number of carbonyl (C=O) groups is 2. The Morgan fingerprint density at radius 2 is 1.77 bits per heavy atom. The molecule has 10 heteroatoms. The number of esters is 1. The summed E-state index contributed by atoms with van der Waals surface area (Å²) in [5.41, 5.74) is 7.14. The van der Waals surface area contributed by atoms with Crippen molar-refractivity contribution < 1.29 is 27.5 Å². The Morgan fingerprint density at radius 3 is 2.48 bits per heavy atom. The summed E-state index contributed by atoms with van der Waals surface area (Å²) in [7, 11) is 0. The highest BCUT2D eigenvalue weighted by Gasteiger charge is 2.33. The molecule has 1 aromatic heterocycles. The van der Waals surface area contributed by atoms with Crippen LogP contribution in [0.1, 0.15) is 33.3 Å². The van der Waals surface area contributed by atoms with Gasteiger partial charge in [0.2, 0.25) is 0 Å². The van der Waals surface area contributed by atoms with E-state index < -0.39 is 30.3 Å². The Hall–Kier alpha value is -4.57. The van der Waals surface area contributed by atoms with Crippen LogP contribution in [-0.4, -0.2) is 29.2 Å². The van der Waals surface area contributed by atoms with Crippen LogP contribution >= 0.6 is 11.8 Å². The average Bonchev–Trinajstić information content (AvgIpc) is 3.64. The van der Waals surface area contributed by atoms with Crippen molar-refractivity contribution in [3.63, 3.8) is 0 Å². The molecule has 0 bridgehead atoms. The smallest absolute Gasteiger partial charge is 0.340 e. The Morgan fingerprint density at radius 1 is 1.02 bits per heavy atom. The second kappa shape index (κ2) is 12.1. The number of hydrogen-bond acceptors (Lipinski definition) is 7. The minimum absolute atomic E-state index is 0.219. The number of thioether (sulfide) groups is 1. The Kier molecular flexibility index (Phi) is 8.16. The summed E-state index contributed by atoms with van der Waals surface area (Å²) in [6.45, 7) is 1.49. The molecule has 0 saturated heterocycles. The zero-order chi connectivity index (χ0) is 28.1. The van der Waals surface area contributed by atoms with E-state index in [0.717, 1.165) is 16.8 Å². The second-order valence-corrected chi connectivity index (χ2v) is 10.00. The summed E-state index contributed by atoms with van der Waals surface area (Å²) in [4.78, 5) is 26.7. The van der Waals surface area contributed by atoms with Gasteiger partial charge < -0.3 is 14.5 Å². The molecule has 1 amide bonds. The van der Waals surface area contributed by atoms with Crippen molar-refractivity contribution in [3.8, 4) is 0 Å². The maximum Gasteiger partial charge on any atom is 0.340 e. The first kappa shape index (κ1) is 27.0. The lowest BCUT2D eigenvalue weighted by Gasteiger charge is -2.24. The maximum absolute atomic E-state index is 13.2. The lowest BCUT2D eigenvalue weighted by atomic mass is 10.1. The summed E-state index contributed by atoms with van der Waals surface area (Å²) < 4.78 is 36.2. The fourth-order valence-electron chi connectivity index (χ4n) is 4.17. The Balaban J connectivity index is 1.26. The van der Waals surface area contributed by atoms with Gasteiger partial charge in [-0.2, -0.15) is 8.78 Å². The van der Waals surface area contributed by atoms with E-state index in [4.69, 9.17) is 9.15 Å². The SMILES string of the molecule is Cc1ccc(C2=C[C@H](c3ccco3)N(C(=O)COC(=O)c3ccccc3Nc3ccc(SC(F)F)cc3)N2)cc1. The van der Waals surface area contributed by atoms with Gasteiger partial charge in [0.05, 0.1) is 23.2 Å². The number of benzene rings is 3. The molecule has 0 aliphatic carbocycles. The molecule has 0 saturated carbocycles. The van der Waals surface area contributed by atoms with Crippen LogP contribution in [0.4, 0.5) is 20.2 Å². The van der Waals surface area contributed by atoms with Gasteiger partial charge in [-0.05, 0) is 67.1 Å². The molecule has 0 unspecified atom stereocenters. The number of hydrazine groups is 1. The van der Waals surface area contributed by atoms with E-state index in [2.05, 4.69) is 10.7 Å². The quantitative estimate of drug-likeness (QED) is 0.169. The number of alkyl halides is 2. The van der Waals surface area contributed by atoms with Crippen LogP contribution in [0, 0.1) is 6.92 Å². The van der Waals surface area contributed by atoms with Gasteiger partial charge in [0.15, 0.2) is 6.61 Å². The fraction of sp³-hybridized carbons (Fsp3) is 0.133. The van der Waals surface area contributed by atoms with Crippen molar-refractivity contribution in [2.75, 3.05) is 11.9 Å². The zero-order valence-electron chi connectivity index (χ0n) is 21.3. The largest absolute Gasteiger partial charge is 0.467 e. The number of furan rings is 1. The first-order chi connectivity index (χ1) is 19.4. The highest BCUT2D eigenvalue weighted by atomic mass is 32.2. The van der Waals surface area contributed by atoms with Crippen LogP contribution in [0.25, 0.3) is 5.70 Å². The number of nitrogens with zero attached hydrogens (tertiary/aromatic N) is 1. The Labute approximate surface area is 233 Å². The molecule has 40 heavy (non-hydrogen) atoms. The van der Waals surface area contributed by atoms with Crippen LogP contribution in [0.2, 0.25) is 0 Å². The molecule has 1 aliphatic rings. The minimum Gasteiger partial charge on any atom is -0.467 e. The third-order valence-electron chi connectivity index (χ3n) is 6.14. The molecule has 1 atom stereocenters. The molecular formula is C30H25F2N3O4S. The molecule has 0 fully saturated rings. The fourth-order valence-corrected chi connectivity index (χ4v) is 4.67. The van der Waals surface area contributed by atoms with Crippen LogP contribution in [-0.2, 0) is 9.53 Å². The molecule has 1 aliphatic heterocycles. The standard InChI is InChI=1S/C30H25F2N3O4S/c1-19-8-10-20(11-9-19)25-17-26(27-7-4-16-38-27)35(34-25)28(36)18-39-29(37)23-5-2-3-6-24(23)33-21-12-14-22(15-13-21)40-30(31)32/h2-17,26,30,33-34H,18H2,1H3/t26-/m1/s1. The lowest BCUT2D eigenvalue weighted by molar-refractivity contribution is -0.138.